The van der Waals surface area contributed by atoms with Crippen molar-refractivity contribution in [1.29, 1.82) is 5.41 Å². The highest BCUT2D eigenvalue weighted by Gasteiger charge is 2.30. The summed E-state index contributed by atoms with van der Waals surface area (Å²) in [6.07, 6.45) is 9.28. The first-order valence-electron chi connectivity index (χ1n) is 10.5. The Hall–Kier alpha value is -4.12. The minimum Gasteiger partial charge on any atom is -0.377 e. The molecule has 11 heteroatoms. The number of allylic oxidation sites excluding steroid dienone is 3. The number of imidazole rings is 1. The number of aromatic amines is 1. The summed E-state index contributed by atoms with van der Waals surface area (Å²) in [5.74, 6) is 2.02. The fourth-order valence-electron chi connectivity index (χ4n) is 3.45. The van der Waals surface area contributed by atoms with Gasteiger partial charge in [0.2, 0.25) is 5.91 Å². The van der Waals surface area contributed by atoms with Crippen molar-refractivity contribution in [2.24, 2.45) is 5.92 Å². The standard InChI is InChI=1S/C22H23N9O2/c1-13-3-4-15(21-25-19(12-33-2)27-28-21)10-30(13)17(23)9-16-7-8-20-24-18(11-31(20)29-16)26-22(32)14-5-6-14/h3-4,7-8,10-11,14,23H,1,5-6,9,12H2,2H3,(H,26,32)(H,25,27,28). The molecule has 0 saturated heterocycles. The highest BCUT2D eigenvalue weighted by molar-refractivity contribution is 5.93. The van der Waals surface area contributed by atoms with Gasteiger partial charge in [0.05, 0.1) is 11.9 Å². The number of hydrogen-bond donors (Lipinski definition) is 3. The zero-order valence-electron chi connectivity index (χ0n) is 18.1. The van der Waals surface area contributed by atoms with E-state index in [0.29, 0.717) is 46.9 Å². The van der Waals surface area contributed by atoms with Gasteiger partial charge in [0, 0.05) is 36.9 Å². The van der Waals surface area contributed by atoms with Crippen molar-refractivity contribution in [3.8, 4) is 0 Å². The fraction of sp³-hybridized carbons (Fsp3) is 0.273. The zero-order valence-corrected chi connectivity index (χ0v) is 18.1. The molecule has 11 nitrogen and oxygen atoms in total. The molecular formula is C22H23N9O2. The van der Waals surface area contributed by atoms with E-state index in [1.54, 1.807) is 28.9 Å². The number of methoxy groups -OCH3 is 1. The maximum Gasteiger partial charge on any atom is 0.228 e. The van der Waals surface area contributed by atoms with Crippen LogP contribution >= 0.6 is 0 Å². The Morgan fingerprint density at radius 2 is 2.18 bits per heavy atom. The largest absolute Gasteiger partial charge is 0.377 e. The van der Waals surface area contributed by atoms with Crippen LogP contribution < -0.4 is 5.32 Å². The van der Waals surface area contributed by atoms with Crippen LogP contribution in [0.3, 0.4) is 0 Å². The Kier molecular flexibility index (Phi) is 5.31. The topological polar surface area (TPSA) is 137 Å². The summed E-state index contributed by atoms with van der Waals surface area (Å²) in [5, 5.41) is 23.1. The van der Waals surface area contributed by atoms with Crippen LogP contribution in [0.25, 0.3) is 11.2 Å². The van der Waals surface area contributed by atoms with E-state index in [2.05, 4.69) is 37.2 Å². The molecular weight excluding hydrogens is 422 g/mol. The van der Waals surface area contributed by atoms with E-state index in [9.17, 15) is 4.79 Å². The number of ether oxygens (including phenoxy) is 1. The van der Waals surface area contributed by atoms with Crippen LogP contribution in [0.5, 0.6) is 0 Å². The number of nitrogens with one attached hydrogen (secondary N) is 3. The van der Waals surface area contributed by atoms with Crippen LogP contribution in [-0.4, -0.2) is 53.5 Å². The number of amidine groups is 1. The van der Waals surface area contributed by atoms with Gasteiger partial charge in [-0.3, -0.25) is 15.3 Å². The van der Waals surface area contributed by atoms with E-state index in [4.69, 9.17) is 10.1 Å². The summed E-state index contributed by atoms with van der Waals surface area (Å²) >= 11 is 0. The quantitative estimate of drug-likeness (QED) is 0.375. The van der Waals surface area contributed by atoms with Crippen LogP contribution in [0.2, 0.25) is 0 Å². The minimum absolute atomic E-state index is 0.000377. The number of hydrogen-bond acceptors (Lipinski definition) is 7. The lowest BCUT2D eigenvalue weighted by molar-refractivity contribution is -0.117. The van der Waals surface area contributed by atoms with Crippen molar-refractivity contribution in [2.75, 3.05) is 12.4 Å². The zero-order chi connectivity index (χ0) is 22.9. The predicted molar refractivity (Wildman–Crippen MR) is 121 cm³/mol. The first kappa shape index (κ1) is 20.8. The first-order chi connectivity index (χ1) is 16.0. The SMILES string of the molecule is C=C1C=CC(c2n[nH]c(COC)n2)=CN1C(=N)Cc1ccc2nc(NC(=O)C3CC3)cn2n1. The monoisotopic (exact) mass is 445 g/mol. The lowest BCUT2D eigenvalue weighted by Crippen LogP contribution is -2.27. The van der Waals surface area contributed by atoms with E-state index in [-0.39, 0.29) is 18.2 Å². The normalized spacial score (nSPS) is 15.7. The molecule has 1 aliphatic heterocycles. The van der Waals surface area contributed by atoms with Crippen molar-refractivity contribution in [3.05, 3.63) is 66.3 Å². The van der Waals surface area contributed by atoms with E-state index < -0.39 is 0 Å². The molecule has 0 bridgehead atoms. The maximum absolute atomic E-state index is 12.0. The van der Waals surface area contributed by atoms with Crippen molar-refractivity contribution >= 4 is 28.8 Å². The van der Waals surface area contributed by atoms with Crippen LogP contribution in [0.15, 0.2) is 49.0 Å². The third-order valence-corrected chi connectivity index (χ3v) is 5.32. The lowest BCUT2D eigenvalue weighted by Gasteiger charge is -2.24. The van der Waals surface area contributed by atoms with Crippen molar-refractivity contribution in [3.63, 3.8) is 0 Å². The second-order valence-corrected chi connectivity index (χ2v) is 7.96. The molecule has 2 aliphatic rings. The summed E-state index contributed by atoms with van der Waals surface area (Å²) in [6, 6.07) is 3.64. The van der Waals surface area contributed by atoms with Gasteiger partial charge >= 0.3 is 0 Å². The van der Waals surface area contributed by atoms with Gasteiger partial charge in [-0.1, -0.05) is 6.58 Å². The molecule has 1 saturated carbocycles. The number of carbonyl (C=O) groups excluding carboxylic acids is 1. The molecule has 33 heavy (non-hydrogen) atoms. The molecule has 0 unspecified atom stereocenters. The highest BCUT2D eigenvalue weighted by atomic mass is 16.5. The van der Waals surface area contributed by atoms with Gasteiger partial charge in [-0.25, -0.2) is 14.5 Å². The number of H-pyrrole nitrogens is 1. The van der Waals surface area contributed by atoms with Crippen LogP contribution in [0.1, 0.15) is 30.2 Å². The van der Waals surface area contributed by atoms with Crippen molar-refractivity contribution in [2.45, 2.75) is 25.9 Å². The number of fused-ring (bicyclic) bond motifs is 1. The Morgan fingerprint density at radius 1 is 1.33 bits per heavy atom. The van der Waals surface area contributed by atoms with Crippen LogP contribution in [0.4, 0.5) is 5.82 Å². The first-order valence-corrected chi connectivity index (χ1v) is 10.5. The van der Waals surface area contributed by atoms with Crippen LogP contribution in [0, 0.1) is 11.3 Å². The molecule has 1 aliphatic carbocycles. The Bertz CT molecular complexity index is 1310. The third kappa shape index (κ3) is 4.44. The van der Waals surface area contributed by atoms with Crippen molar-refractivity contribution < 1.29 is 9.53 Å². The minimum atomic E-state index is 0.000377. The van der Waals surface area contributed by atoms with Gasteiger partial charge in [-0.05, 0) is 37.1 Å². The Balaban J connectivity index is 1.31. The summed E-state index contributed by atoms with van der Waals surface area (Å²) in [5.41, 5.74) is 2.72. The number of carbonyl (C=O) groups is 1. The molecule has 5 rings (SSSR count). The number of nitrogens with zero attached hydrogens (tertiary/aromatic N) is 6. The molecule has 3 N–H and O–H groups in total. The van der Waals surface area contributed by atoms with E-state index in [0.717, 1.165) is 18.4 Å². The number of aromatic nitrogens is 6. The van der Waals surface area contributed by atoms with Crippen LogP contribution in [-0.2, 0) is 22.6 Å². The number of anilines is 1. The molecule has 1 fully saturated rings. The molecule has 0 spiro atoms. The highest BCUT2D eigenvalue weighted by Crippen LogP contribution is 2.30. The summed E-state index contributed by atoms with van der Waals surface area (Å²) < 4.78 is 6.68. The van der Waals surface area contributed by atoms with Gasteiger partial charge in [0.25, 0.3) is 0 Å². The van der Waals surface area contributed by atoms with Gasteiger partial charge in [-0.15, -0.1) is 0 Å². The summed E-state index contributed by atoms with van der Waals surface area (Å²) in [7, 11) is 1.59. The molecule has 0 radical (unpaired) electrons. The average Bonchev–Trinajstić information content (AvgIpc) is 3.43. The average molecular weight is 445 g/mol. The van der Waals surface area contributed by atoms with Gasteiger partial charge in [-0.2, -0.15) is 10.2 Å². The smallest absolute Gasteiger partial charge is 0.228 e. The van der Waals surface area contributed by atoms with Gasteiger partial charge in [0.15, 0.2) is 23.1 Å². The lowest BCUT2D eigenvalue weighted by atomic mass is 10.1. The summed E-state index contributed by atoms with van der Waals surface area (Å²) in [6.45, 7) is 4.37. The van der Waals surface area contributed by atoms with E-state index >= 15 is 0 Å². The Morgan fingerprint density at radius 3 is 2.97 bits per heavy atom. The molecule has 168 valence electrons. The molecule has 0 atom stereocenters. The molecule has 0 aromatic carbocycles. The number of amides is 1. The number of rotatable bonds is 7. The molecule has 3 aromatic rings. The second kappa shape index (κ2) is 8.43. The van der Waals surface area contributed by atoms with Gasteiger partial charge in [0.1, 0.15) is 12.4 Å². The van der Waals surface area contributed by atoms with E-state index in [1.165, 1.54) is 0 Å². The third-order valence-electron chi connectivity index (χ3n) is 5.32. The summed E-state index contributed by atoms with van der Waals surface area (Å²) in [4.78, 5) is 22.5. The molecule has 4 heterocycles. The predicted octanol–water partition coefficient (Wildman–Crippen LogP) is 2.29. The second-order valence-electron chi connectivity index (χ2n) is 7.96. The molecule has 3 aromatic heterocycles. The van der Waals surface area contributed by atoms with Gasteiger partial charge < -0.3 is 15.0 Å². The van der Waals surface area contributed by atoms with E-state index in [1.807, 2.05) is 24.3 Å². The maximum atomic E-state index is 12.0. The fourth-order valence-corrected chi connectivity index (χ4v) is 3.45. The molecule has 1 amide bonds. The Labute approximate surface area is 189 Å². The van der Waals surface area contributed by atoms with Crippen molar-refractivity contribution in [1.82, 2.24) is 34.7 Å².